The van der Waals surface area contributed by atoms with Gasteiger partial charge in [0, 0.05) is 37.6 Å². The van der Waals surface area contributed by atoms with E-state index in [0.29, 0.717) is 29.8 Å². The number of ether oxygens (including phenoxy) is 1. The minimum absolute atomic E-state index is 0.140. The van der Waals surface area contributed by atoms with Crippen molar-refractivity contribution in [1.82, 2.24) is 9.88 Å². The first-order chi connectivity index (χ1) is 17.0. The van der Waals surface area contributed by atoms with Crippen LogP contribution in [0.4, 0.5) is 26.3 Å². The zero-order valence-electron chi connectivity index (χ0n) is 19.1. The molecule has 0 bridgehead atoms. The van der Waals surface area contributed by atoms with E-state index in [-0.39, 0.29) is 6.10 Å². The smallest absolute Gasteiger partial charge is 0.430 e. The average Bonchev–Trinajstić information content (AvgIpc) is 2.85. The maximum Gasteiger partial charge on any atom is 0.430 e. The van der Waals surface area contributed by atoms with E-state index in [4.69, 9.17) is 4.74 Å². The molecular formula is C26H24F6N2O2. The van der Waals surface area contributed by atoms with Gasteiger partial charge in [-0.25, -0.2) is 0 Å². The minimum atomic E-state index is -5.91. The van der Waals surface area contributed by atoms with Crippen molar-refractivity contribution in [3.8, 4) is 16.9 Å². The van der Waals surface area contributed by atoms with Crippen molar-refractivity contribution in [1.29, 1.82) is 0 Å². The molecule has 1 aromatic heterocycles. The Morgan fingerprint density at radius 2 is 1.28 bits per heavy atom. The molecule has 0 saturated carbocycles. The Kier molecular flexibility index (Phi) is 7.28. The van der Waals surface area contributed by atoms with Crippen molar-refractivity contribution in [3.63, 3.8) is 0 Å². The summed E-state index contributed by atoms with van der Waals surface area (Å²) in [5, 5.41) is 9.53. The van der Waals surface area contributed by atoms with Crippen LogP contribution in [-0.2, 0) is 12.1 Å². The predicted octanol–water partition coefficient (Wildman–Crippen LogP) is 6.10. The first kappa shape index (κ1) is 26.0. The number of pyridine rings is 1. The number of nitrogens with zero attached hydrogens (tertiary/aromatic N) is 2. The van der Waals surface area contributed by atoms with Crippen LogP contribution >= 0.6 is 0 Å². The van der Waals surface area contributed by atoms with E-state index >= 15 is 0 Å². The topological polar surface area (TPSA) is 45.6 Å². The number of benzene rings is 2. The van der Waals surface area contributed by atoms with Crippen LogP contribution in [0.2, 0.25) is 0 Å². The summed E-state index contributed by atoms with van der Waals surface area (Å²) in [5.74, 6) is 0.800. The van der Waals surface area contributed by atoms with Crippen LogP contribution in [0.25, 0.3) is 11.1 Å². The molecule has 1 saturated heterocycles. The molecule has 3 aromatic rings. The molecule has 2 aromatic carbocycles. The van der Waals surface area contributed by atoms with Gasteiger partial charge in [0.1, 0.15) is 11.9 Å². The van der Waals surface area contributed by atoms with Crippen molar-refractivity contribution in [2.45, 2.75) is 43.4 Å². The molecule has 1 aliphatic heterocycles. The number of rotatable bonds is 6. The summed E-state index contributed by atoms with van der Waals surface area (Å²) < 4.78 is 84.5. The van der Waals surface area contributed by atoms with Gasteiger partial charge in [-0.05, 0) is 41.7 Å². The fourth-order valence-electron chi connectivity index (χ4n) is 4.25. The largest absolute Gasteiger partial charge is 0.490 e. The summed E-state index contributed by atoms with van der Waals surface area (Å²) in [4.78, 5) is 6.27. The Balaban J connectivity index is 1.36. The molecule has 2 heterocycles. The van der Waals surface area contributed by atoms with Gasteiger partial charge >= 0.3 is 12.4 Å². The van der Waals surface area contributed by atoms with Crippen LogP contribution in [0, 0.1) is 0 Å². The van der Waals surface area contributed by atoms with E-state index < -0.39 is 23.5 Å². The van der Waals surface area contributed by atoms with Gasteiger partial charge in [-0.1, -0.05) is 48.5 Å². The van der Waals surface area contributed by atoms with Crippen molar-refractivity contribution < 1.29 is 36.2 Å². The highest BCUT2D eigenvalue weighted by Gasteiger charge is 2.71. The molecule has 1 fully saturated rings. The highest BCUT2D eigenvalue weighted by atomic mass is 19.4. The van der Waals surface area contributed by atoms with E-state index in [0.717, 1.165) is 49.4 Å². The van der Waals surface area contributed by atoms with Crippen LogP contribution in [0.5, 0.6) is 5.75 Å². The fourth-order valence-corrected chi connectivity index (χ4v) is 4.25. The summed E-state index contributed by atoms with van der Waals surface area (Å²) in [7, 11) is 0. The highest BCUT2D eigenvalue weighted by molar-refractivity contribution is 5.64. The second-order valence-corrected chi connectivity index (χ2v) is 8.76. The van der Waals surface area contributed by atoms with Gasteiger partial charge in [0.15, 0.2) is 0 Å². The lowest BCUT2D eigenvalue weighted by atomic mass is 9.90. The Hall–Kier alpha value is -3.11. The fraction of sp³-hybridized carbons (Fsp3) is 0.346. The van der Waals surface area contributed by atoms with Crippen LogP contribution in [0.3, 0.4) is 0 Å². The molecule has 0 unspecified atom stereocenters. The van der Waals surface area contributed by atoms with Crippen LogP contribution in [-0.4, -0.2) is 46.5 Å². The molecule has 36 heavy (non-hydrogen) atoms. The van der Waals surface area contributed by atoms with Crippen molar-refractivity contribution in [2.24, 2.45) is 0 Å². The van der Waals surface area contributed by atoms with Crippen molar-refractivity contribution >= 4 is 0 Å². The first-order valence-corrected chi connectivity index (χ1v) is 11.3. The predicted molar refractivity (Wildman–Crippen MR) is 121 cm³/mol. The van der Waals surface area contributed by atoms with Crippen molar-refractivity contribution in [2.75, 3.05) is 13.1 Å². The second kappa shape index (κ2) is 10.1. The molecule has 10 heteroatoms. The number of aliphatic hydroxyl groups is 1. The lowest BCUT2D eigenvalue weighted by Crippen LogP contribution is -2.53. The molecule has 1 N–H and O–H groups in total. The van der Waals surface area contributed by atoms with Gasteiger partial charge in [0.05, 0.1) is 0 Å². The maximum atomic E-state index is 13.1. The number of hydrogen-bond donors (Lipinski definition) is 1. The lowest BCUT2D eigenvalue weighted by molar-refractivity contribution is -0.376. The zero-order valence-corrected chi connectivity index (χ0v) is 19.1. The van der Waals surface area contributed by atoms with E-state index in [9.17, 15) is 31.4 Å². The normalized spacial score (nSPS) is 16.2. The minimum Gasteiger partial charge on any atom is -0.490 e. The molecule has 4 rings (SSSR count). The third-order valence-corrected chi connectivity index (χ3v) is 6.30. The Labute approximate surface area is 204 Å². The molecule has 1 aliphatic rings. The van der Waals surface area contributed by atoms with Crippen LogP contribution in [0.15, 0.2) is 73.1 Å². The highest BCUT2D eigenvalue weighted by Crippen LogP contribution is 2.50. The van der Waals surface area contributed by atoms with Gasteiger partial charge in [0.2, 0.25) is 0 Å². The average molecular weight is 510 g/mol. The van der Waals surface area contributed by atoms with E-state index in [2.05, 4.69) is 9.88 Å². The second-order valence-electron chi connectivity index (χ2n) is 8.76. The van der Waals surface area contributed by atoms with Gasteiger partial charge in [0.25, 0.3) is 5.60 Å². The summed E-state index contributed by atoms with van der Waals surface area (Å²) in [6, 6.07) is 14.5. The van der Waals surface area contributed by atoms with Crippen molar-refractivity contribution in [3.05, 3.63) is 84.2 Å². The molecule has 192 valence electrons. The number of alkyl halides is 6. The Bertz CT molecular complexity index is 1110. The number of halogens is 6. The standard InChI is InChI=1S/C26H24F6N2O2/c27-25(28,29)24(35,26(30,31)32)21-7-5-20(6-8-21)19-3-1-18(2-4-19)17-34-15-11-23(12-16-34)36-22-9-13-33-14-10-22/h1-10,13-14,23,35H,11-12,15-17H2. The molecule has 4 nitrogen and oxygen atoms in total. The molecule has 0 amide bonds. The lowest BCUT2D eigenvalue weighted by Gasteiger charge is -2.32. The number of aromatic nitrogens is 1. The van der Waals surface area contributed by atoms with E-state index in [1.807, 2.05) is 24.3 Å². The SMILES string of the molecule is OC(c1ccc(-c2ccc(CN3CCC(Oc4ccncc4)CC3)cc2)cc1)(C(F)(F)F)C(F)(F)F. The maximum absolute atomic E-state index is 13.1. The first-order valence-electron chi connectivity index (χ1n) is 11.3. The Morgan fingerprint density at radius 3 is 1.78 bits per heavy atom. The molecule has 0 spiro atoms. The molecule has 0 radical (unpaired) electrons. The van der Waals surface area contributed by atoms with Crippen LogP contribution < -0.4 is 4.74 Å². The zero-order chi connectivity index (χ0) is 26.0. The van der Waals surface area contributed by atoms with E-state index in [1.54, 1.807) is 24.5 Å². The molecular weight excluding hydrogens is 486 g/mol. The van der Waals surface area contributed by atoms with Gasteiger partial charge in [-0.15, -0.1) is 0 Å². The number of hydrogen-bond acceptors (Lipinski definition) is 4. The van der Waals surface area contributed by atoms with Gasteiger partial charge in [-0.2, -0.15) is 26.3 Å². The molecule has 0 atom stereocenters. The van der Waals surface area contributed by atoms with Crippen LogP contribution in [0.1, 0.15) is 24.0 Å². The quantitative estimate of drug-likeness (QED) is 0.407. The van der Waals surface area contributed by atoms with Gasteiger partial charge in [-0.3, -0.25) is 9.88 Å². The number of piperidine rings is 1. The Morgan fingerprint density at radius 1 is 0.778 bits per heavy atom. The molecule has 0 aliphatic carbocycles. The summed E-state index contributed by atoms with van der Waals surface area (Å²) in [6.45, 7) is 2.44. The third kappa shape index (κ3) is 5.49. The summed E-state index contributed by atoms with van der Waals surface area (Å²) in [5.41, 5.74) is -4.10. The van der Waals surface area contributed by atoms with E-state index in [1.165, 1.54) is 0 Å². The third-order valence-electron chi connectivity index (χ3n) is 6.30. The monoisotopic (exact) mass is 510 g/mol. The number of likely N-dealkylation sites (tertiary alicyclic amines) is 1. The summed E-state index contributed by atoms with van der Waals surface area (Å²) in [6.07, 6.45) is -6.53. The summed E-state index contributed by atoms with van der Waals surface area (Å²) >= 11 is 0. The van der Waals surface area contributed by atoms with Gasteiger partial charge < -0.3 is 9.84 Å².